The summed E-state index contributed by atoms with van der Waals surface area (Å²) in [6, 6.07) is 0.331. The van der Waals surface area contributed by atoms with Crippen molar-refractivity contribution in [3.05, 3.63) is 0 Å². The van der Waals surface area contributed by atoms with Gasteiger partial charge in [0.25, 0.3) is 0 Å². The second kappa shape index (κ2) is 8.02. The molecule has 2 rings (SSSR count). The lowest BCUT2D eigenvalue weighted by molar-refractivity contribution is 0.131. The Labute approximate surface area is 129 Å². The van der Waals surface area contributed by atoms with Crippen molar-refractivity contribution in [2.75, 3.05) is 19.7 Å². The Kier molecular flexibility index (Phi) is 6.34. The highest BCUT2D eigenvalue weighted by Gasteiger charge is 2.28. The van der Waals surface area contributed by atoms with Gasteiger partial charge in [0.2, 0.25) is 0 Å². The minimum atomic E-state index is 0.0848. The number of aliphatic hydroxyl groups is 1. The van der Waals surface area contributed by atoms with Gasteiger partial charge in [-0.1, -0.05) is 39.0 Å². The lowest BCUT2D eigenvalue weighted by Gasteiger charge is -2.35. The van der Waals surface area contributed by atoms with E-state index in [2.05, 4.69) is 19.2 Å². The van der Waals surface area contributed by atoms with Crippen LogP contribution in [0.3, 0.4) is 0 Å². The molecule has 2 atom stereocenters. The number of hydrogen-bond acceptors (Lipinski definition) is 2. The van der Waals surface area contributed by atoms with Crippen LogP contribution in [0.1, 0.15) is 58.8 Å². The second-order valence-corrected chi connectivity index (χ2v) is 7.11. The summed E-state index contributed by atoms with van der Waals surface area (Å²) in [5.41, 5.74) is 0. The number of carbonyl (C=O) groups is 1. The van der Waals surface area contributed by atoms with E-state index in [-0.39, 0.29) is 18.7 Å². The third-order valence-electron chi connectivity index (χ3n) is 5.69. The second-order valence-electron chi connectivity index (χ2n) is 7.11. The normalized spacial score (nSPS) is 24.6. The van der Waals surface area contributed by atoms with E-state index in [0.29, 0.717) is 11.8 Å². The van der Waals surface area contributed by atoms with E-state index in [1.54, 1.807) is 0 Å². The summed E-state index contributed by atoms with van der Waals surface area (Å²) < 4.78 is 0. The van der Waals surface area contributed by atoms with Crippen LogP contribution in [0.4, 0.5) is 4.79 Å². The van der Waals surface area contributed by atoms with Gasteiger partial charge in [-0.3, -0.25) is 0 Å². The highest BCUT2D eigenvalue weighted by molar-refractivity contribution is 5.74. The number of hydrogen-bond donors (Lipinski definition) is 2. The molecule has 0 aromatic carbocycles. The standard InChI is InChI=1S/C17H32N2O2/c1-13(16-6-4-3-5-7-16)14(2)18-17(21)19-10-8-15(12-20)9-11-19/h13-16,20H,3-12H2,1-2H3,(H,18,21). The van der Waals surface area contributed by atoms with Crippen LogP contribution >= 0.6 is 0 Å². The van der Waals surface area contributed by atoms with Crippen molar-refractivity contribution < 1.29 is 9.90 Å². The number of nitrogens with one attached hydrogen (secondary N) is 1. The summed E-state index contributed by atoms with van der Waals surface area (Å²) in [5, 5.41) is 12.4. The van der Waals surface area contributed by atoms with E-state index in [0.717, 1.165) is 31.8 Å². The third-order valence-corrected chi connectivity index (χ3v) is 5.69. The average Bonchev–Trinajstić information content (AvgIpc) is 2.55. The summed E-state index contributed by atoms with van der Waals surface area (Å²) >= 11 is 0. The Bertz CT molecular complexity index is 321. The lowest BCUT2D eigenvalue weighted by atomic mass is 9.78. The molecule has 4 heteroatoms. The molecule has 2 amide bonds. The maximum Gasteiger partial charge on any atom is 0.317 e. The molecule has 21 heavy (non-hydrogen) atoms. The van der Waals surface area contributed by atoms with Crippen LogP contribution in [0.2, 0.25) is 0 Å². The van der Waals surface area contributed by atoms with Gasteiger partial charge in [-0.2, -0.15) is 0 Å². The first-order valence-corrected chi connectivity index (χ1v) is 8.78. The minimum Gasteiger partial charge on any atom is -0.396 e. The van der Waals surface area contributed by atoms with Crippen molar-refractivity contribution in [3.63, 3.8) is 0 Å². The van der Waals surface area contributed by atoms with Crippen LogP contribution < -0.4 is 5.32 Å². The maximum absolute atomic E-state index is 12.3. The molecule has 0 radical (unpaired) electrons. The van der Waals surface area contributed by atoms with E-state index in [1.807, 2.05) is 4.90 Å². The van der Waals surface area contributed by atoms with Crippen LogP contribution in [-0.4, -0.2) is 41.8 Å². The van der Waals surface area contributed by atoms with Crippen molar-refractivity contribution in [2.45, 2.75) is 64.8 Å². The molecule has 0 bridgehead atoms. The Morgan fingerprint density at radius 3 is 2.33 bits per heavy atom. The molecule has 1 saturated heterocycles. The number of nitrogens with zero attached hydrogens (tertiary/aromatic N) is 1. The predicted molar refractivity (Wildman–Crippen MR) is 85.1 cm³/mol. The van der Waals surface area contributed by atoms with Gasteiger partial charge in [-0.05, 0) is 37.5 Å². The average molecular weight is 296 g/mol. The summed E-state index contributed by atoms with van der Waals surface area (Å²) in [6.45, 7) is 6.25. The fourth-order valence-corrected chi connectivity index (χ4v) is 3.80. The van der Waals surface area contributed by atoms with Crippen molar-refractivity contribution in [3.8, 4) is 0 Å². The molecule has 1 aliphatic carbocycles. The molecular weight excluding hydrogens is 264 g/mol. The highest BCUT2D eigenvalue weighted by atomic mass is 16.3. The van der Waals surface area contributed by atoms with Crippen LogP contribution in [0.25, 0.3) is 0 Å². The number of likely N-dealkylation sites (tertiary alicyclic amines) is 1. The molecule has 1 heterocycles. The number of aliphatic hydroxyl groups excluding tert-OH is 1. The Morgan fingerprint density at radius 1 is 1.14 bits per heavy atom. The van der Waals surface area contributed by atoms with Crippen LogP contribution in [0.15, 0.2) is 0 Å². The molecule has 2 fully saturated rings. The number of urea groups is 1. The molecule has 1 saturated carbocycles. The summed E-state index contributed by atoms with van der Waals surface area (Å²) in [7, 11) is 0. The monoisotopic (exact) mass is 296 g/mol. The SMILES string of the molecule is CC(NC(=O)N1CCC(CO)CC1)C(C)C1CCCCC1. The van der Waals surface area contributed by atoms with Crippen molar-refractivity contribution in [2.24, 2.45) is 17.8 Å². The molecule has 2 N–H and O–H groups in total. The maximum atomic E-state index is 12.3. The van der Waals surface area contributed by atoms with Crippen LogP contribution in [0, 0.1) is 17.8 Å². The minimum absolute atomic E-state index is 0.0848. The van der Waals surface area contributed by atoms with E-state index >= 15 is 0 Å². The fourth-order valence-electron chi connectivity index (χ4n) is 3.80. The van der Waals surface area contributed by atoms with E-state index < -0.39 is 0 Å². The third kappa shape index (κ3) is 4.60. The number of carbonyl (C=O) groups excluding carboxylic acids is 1. The van der Waals surface area contributed by atoms with Gasteiger partial charge in [-0.25, -0.2) is 4.79 Å². The first-order chi connectivity index (χ1) is 10.1. The Hall–Kier alpha value is -0.770. The van der Waals surface area contributed by atoms with Crippen molar-refractivity contribution >= 4 is 6.03 Å². The molecule has 2 aliphatic rings. The molecule has 0 spiro atoms. The van der Waals surface area contributed by atoms with Crippen molar-refractivity contribution in [1.29, 1.82) is 0 Å². The zero-order valence-electron chi connectivity index (χ0n) is 13.7. The molecule has 122 valence electrons. The predicted octanol–water partition coefficient (Wildman–Crippen LogP) is 3.01. The Morgan fingerprint density at radius 2 is 1.76 bits per heavy atom. The fraction of sp³-hybridized carbons (Fsp3) is 0.941. The molecule has 0 aromatic heterocycles. The quantitative estimate of drug-likeness (QED) is 0.838. The van der Waals surface area contributed by atoms with E-state index in [1.165, 1.54) is 32.1 Å². The first kappa shape index (κ1) is 16.6. The number of piperidine rings is 1. The van der Waals surface area contributed by atoms with Gasteiger partial charge in [0, 0.05) is 25.7 Å². The lowest BCUT2D eigenvalue weighted by Crippen LogP contribution is -2.49. The summed E-state index contributed by atoms with van der Waals surface area (Å²) in [5.74, 6) is 1.71. The van der Waals surface area contributed by atoms with Gasteiger partial charge in [-0.15, -0.1) is 0 Å². The topological polar surface area (TPSA) is 52.6 Å². The van der Waals surface area contributed by atoms with E-state index in [9.17, 15) is 4.79 Å². The zero-order valence-corrected chi connectivity index (χ0v) is 13.7. The number of rotatable bonds is 4. The van der Waals surface area contributed by atoms with Gasteiger partial charge < -0.3 is 15.3 Å². The van der Waals surface area contributed by atoms with Gasteiger partial charge in [0.1, 0.15) is 0 Å². The smallest absolute Gasteiger partial charge is 0.317 e. The molecule has 1 aliphatic heterocycles. The molecule has 2 unspecified atom stereocenters. The number of amides is 2. The van der Waals surface area contributed by atoms with Gasteiger partial charge >= 0.3 is 6.03 Å². The van der Waals surface area contributed by atoms with Crippen LogP contribution in [0.5, 0.6) is 0 Å². The molecular formula is C17H32N2O2. The zero-order chi connectivity index (χ0) is 15.2. The van der Waals surface area contributed by atoms with Crippen molar-refractivity contribution in [1.82, 2.24) is 10.2 Å². The molecule has 0 aromatic rings. The van der Waals surface area contributed by atoms with Crippen LogP contribution in [-0.2, 0) is 0 Å². The summed E-state index contributed by atoms with van der Waals surface area (Å²) in [4.78, 5) is 14.3. The first-order valence-electron chi connectivity index (χ1n) is 8.78. The van der Waals surface area contributed by atoms with Gasteiger partial charge in [0.15, 0.2) is 0 Å². The summed E-state index contributed by atoms with van der Waals surface area (Å²) in [6.07, 6.45) is 8.58. The molecule has 4 nitrogen and oxygen atoms in total. The van der Waals surface area contributed by atoms with E-state index in [4.69, 9.17) is 5.11 Å². The largest absolute Gasteiger partial charge is 0.396 e. The van der Waals surface area contributed by atoms with Gasteiger partial charge in [0.05, 0.1) is 0 Å². The Balaban J connectivity index is 1.76. The highest BCUT2D eigenvalue weighted by Crippen LogP contribution is 2.31.